The number of carbonyl (C=O) groups is 8. The summed E-state index contributed by atoms with van der Waals surface area (Å²) in [6.07, 6.45) is -2.59. The number of esters is 2. The molecule has 88 heavy (non-hydrogen) atoms. The van der Waals surface area contributed by atoms with E-state index in [4.69, 9.17) is 31.1 Å². The second-order valence-corrected chi connectivity index (χ2v) is 29.3. The van der Waals surface area contributed by atoms with Crippen LogP contribution in [0.4, 0.5) is 16.2 Å². The maximum absolute atomic E-state index is 13.4. The number of fused-ring (bicyclic) bond motifs is 2. The van der Waals surface area contributed by atoms with Crippen LogP contribution in [0.15, 0.2) is 74.1 Å². The van der Waals surface area contributed by atoms with Crippen LogP contribution in [0.3, 0.4) is 0 Å². The lowest BCUT2D eigenvalue weighted by molar-refractivity contribution is -0.164. The fraction of sp³-hybridized carbons (Fsp3) is 0.444. The van der Waals surface area contributed by atoms with Crippen LogP contribution in [-0.2, 0) is 58.2 Å². The minimum absolute atomic E-state index is 0.0194. The zero-order valence-corrected chi connectivity index (χ0v) is 55.0. The first-order valence-electron chi connectivity index (χ1n) is 26.5. The van der Waals surface area contributed by atoms with Crippen LogP contribution in [0.1, 0.15) is 141 Å². The molecule has 34 heteroatoms. The number of hydrogen-bond donors (Lipinski definition) is 8. The van der Waals surface area contributed by atoms with Gasteiger partial charge >= 0.3 is 24.0 Å². The number of sulfonamides is 2. The van der Waals surface area contributed by atoms with Gasteiger partial charge in [-0.25, -0.2) is 21.6 Å². The summed E-state index contributed by atoms with van der Waals surface area (Å²) in [5.74, 6) is -7.98. The molecule has 0 spiro atoms. The van der Waals surface area contributed by atoms with Crippen molar-refractivity contribution in [2.75, 3.05) is 9.44 Å². The standard InChI is InChI=1S/C27H34N6O8S3.C18H18N6O6S3.C9H18O2/c1-26(2,3)40-23(36)15(10-11-20(35)29-24(28)30-25(37)41-27(4,5)6)14-18(34)22-17(12-13-42-22)33-44(38,39)19-9-7-8-16-21(19)32-43-31-16;19-18(20)21-14(26)5-4-9(17(27)28)8-12(25)16-11(6-7-31-16)24-33(29,30)13-3-1-2-10-15(13)23-32-22-10;1-8(2,3)7(10)11-9(4,5)6/h7-9,12-13,15,33H,10-11,14H2,1-6H3,(H3,28,29,30,35,37);1-3,6-7,9,24H,4-5,8H2,(H,27,28)(H4,19,20,21,26);1-6H3/t15-;9-;/m11./s1. The number of Topliss-reactive ketones (excluding diaryl/α,β-unsaturated/α-hetero) is 2. The van der Waals surface area contributed by atoms with Crippen LogP contribution in [-0.4, -0.2) is 116 Å². The molecule has 4 aromatic heterocycles. The summed E-state index contributed by atoms with van der Waals surface area (Å²) in [4.78, 5) is 101. The van der Waals surface area contributed by atoms with Crippen molar-refractivity contribution in [3.05, 3.63) is 69.0 Å². The third-order valence-corrected chi connectivity index (χ3v) is 16.7. The van der Waals surface area contributed by atoms with E-state index in [9.17, 15) is 60.3 Å². The zero-order chi connectivity index (χ0) is 66.3. The predicted octanol–water partition coefficient (Wildman–Crippen LogP) is 8.22. The molecule has 0 unspecified atom stereocenters. The minimum atomic E-state index is -4.15. The Kier molecular flexibility index (Phi) is 25.0. The number of carboxylic acid groups (broad SMARTS) is 1. The number of ketones is 2. The Morgan fingerprint density at radius 2 is 1.06 bits per heavy atom. The molecule has 0 fully saturated rings. The molecular formula is C54H70N12O16S6. The number of aliphatic imine (C=N–C) groups is 1. The first-order valence-corrected chi connectivity index (χ1v) is 32.6. The van der Waals surface area contributed by atoms with E-state index >= 15 is 0 Å². The monoisotopic (exact) mass is 1330 g/mol. The minimum Gasteiger partial charge on any atom is -0.481 e. The van der Waals surface area contributed by atoms with E-state index < -0.39 is 108 Å². The number of nitrogens with two attached hydrogens (primary N) is 2. The molecule has 3 amide bonds. The van der Waals surface area contributed by atoms with Crippen molar-refractivity contribution < 1.29 is 74.5 Å². The Labute approximate surface area is 524 Å². The maximum Gasteiger partial charge on any atom is 0.414 e. The van der Waals surface area contributed by atoms with Crippen molar-refractivity contribution in [2.45, 2.75) is 148 Å². The van der Waals surface area contributed by atoms with Crippen molar-refractivity contribution >= 4 is 159 Å². The number of alkyl carbamates (subject to hydrolysis) is 1. The summed E-state index contributed by atoms with van der Waals surface area (Å²) in [7, 11) is -8.26. The normalized spacial score (nSPS) is 12.5. The van der Waals surface area contributed by atoms with E-state index in [1.807, 2.05) is 41.5 Å². The van der Waals surface area contributed by atoms with Crippen molar-refractivity contribution in [1.82, 2.24) is 28.1 Å². The van der Waals surface area contributed by atoms with E-state index in [0.29, 0.717) is 11.0 Å². The average Bonchev–Trinajstić information content (AvgIpc) is 2.64. The molecule has 0 saturated carbocycles. The number of carbonyl (C=O) groups excluding carboxylic acids is 7. The largest absolute Gasteiger partial charge is 0.481 e. The molecule has 4 heterocycles. The third-order valence-electron chi connectivity index (χ3n) is 10.9. The molecule has 6 rings (SSSR count). The fourth-order valence-electron chi connectivity index (χ4n) is 7.11. The molecule has 0 radical (unpaired) electrons. The lowest BCUT2D eigenvalue weighted by Crippen LogP contribution is -2.45. The van der Waals surface area contributed by atoms with Crippen LogP contribution < -0.4 is 31.5 Å². The molecule has 2 aromatic carbocycles. The van der Waals surface area contributed by atoms with Crippen LogP contribution in [0, 0.1) is 22.7 Å². The second kappa shape index (κ2) is 30.3. The SMILES string of the molecule is CC(C)(C)OC(=O)C(C)(C)C.CC(C)(C)OC(=O)NC(=N)NC(=O)CC[C@H](CC(=O)c1sccc1NS(=O)(=O)c1cccc2nsnc12)C(=O)OC(C)(C)C.NC(N)=NC(=O)CC[C@H](CC(=O)c1sccc1NS(=O)(=O)c1cccc2nsnc12)C(=O)O. The van der Waals surface area contributed by atoms with Crippen LogP contribution >= 0.6 is 46.1 Å². The van der Waals surface area contributed by atoms with Gasteiger partial charge in [0.25, 0.3) is 20.0 Å². The van der Waals surface area contributed by atoms with Gasteiger partial charge in [0.1, 0.15) is 48.7 Å². The van der Waals surface area contributed by atoms with E-state index in [2.05, 4.69) is 42.6 Å². The lowest BCUT2D eigenvalue weighted by atomic mass is 9.95. The number of carboxylic acids is 1. The van der Waals surface area contributed by atoms with Crippen LogP contribution in [0.25, 0.3) is 22.1 Å². The number of aliphatic carboxylic acids is 1. The topological polar surface area (TPSA) is 441 Å². The van der Waals surface area contributed by atoms with Gasteiger partial charge in [0.2, 0.25) is 17.8 Å². The van der Waals surface area contributed by atoms with Crippen molar-refractivity contribution in [3.8, 4) is 0 Å². The highest BCUT2D eigenvalue weighted by Gasteiger charge is 2.33. The Bertz CT molecular complexity index is 3800. The van der Waals surface area contributed by atoms with Gasteiger partial charge in [-0.3, -0.25) is 59.0 Å². The van der Waals surface area contributed by atoms with Crippen molar-refractivity contribution in [3.63, 3.8) is 0 Å². The second-order valence-electron chi connectivity index (χ2n) is 23.1. The van der Waals surface area contributed by atoms with E-state index in [1.54, 1.807) is 53.7 Å². The average molecular weight is 1340 g/mol. The van der Waals surface area contributed by atoms with Gasteiger partial charge in [-0.1, -0.05) is 12.1 Å². The molecule has 0 bridgehead atoms. The van der Waals surface area contributed by atoms with Crippen molar-refractivity contribution in [2.24, 2.45) is 33.7 Å². The van der Waals surface area contributed by atoms with Gasteiger partial charge in [-0.15, -0.1) is 22.7 Å². The number of aromatic nitrogens is 4. The summed E-state index contributed by atoms with van der Waals surface area (Å²) >= 11 is 3.71. The molecule has 10 N–H and O–H groups in total. The zero-order valence-electron chi connectivity index (χ0n) is 50.1. The van der Waals surface area contributed by atoms with Crippen LogP contribution in [0.2, 0.25) is 0 Å². The number of thiophene rings is 2. The van der Waals surface area contributed by atoms with Gasteiger partial charge in [-0.2, -0.15) is 22.5 Å². The Morgan fingerprint density at radius 3 is 1.47 bits per heavy atom. The number of ether oxygens (including phenoxy) is 3. The predicted molar refractivity (Wildman–Crippen MR) is 333 cm³/mol. The Morgan fingerprint density at radius 1 is 0.614 bits per heavy atom. The summed E-state index contributed by atoms with van der Waals surface area (Å²) in [6.45, 7) is 21.1. The Hall–Kier alpha value is -7.92. The molecular weight excluding hydrogens is 1270 g/mol. The fourth-order valence-corrected chi connectivity index (χ4v) is 12.5. The quantitative estimate of drug-likeness (QED) is 0.0117. The maximum atomic E-state index is 13.4. The third kappa shape index (κ3) is 23.3. The summed E-state index contributed by atoms with van der Waals surface area (Å²) in [5, 5.41) is 24.6. The molecule has 2 atom stereocenters. The van der Waals surface area contributed by atoms with Crippen molar-refractivity contribution in [1.29, 1.82) is 5.41 Å². The molecule has 0 aliphatic heterocycles. The highest BCUT2D eigenvalue weighted by atomic mass is 32.2. The number of hydrogen-bond acceptors (Lipinski definition) is 24. The number of rotatable bonds is 20. The summed E-state index contributed by atoms with van der Waals surface area (Å²) in [5.41, 5.74) is 9.06. The number of nitrogens with one attached hydrogen (secondary N) is 5. The van der Waals surface area contributed by atoms with Gasteiger partial charge in [0.05, 0.1) is 61.8 Å². The van der Waals surface area contributed by atoms with Gasteiger partial charge in [0.15, 0.2) is 17.5 Å². The molecule has 478 valence electrons. The number of amides is 3. The Balaban J connectivity index is 0.000000330. The number of guanidine groups is 2. The van der Waals surface area contributed by atoms with E-state index in [1.165, 1.54) is 47.2 Å². The molecule has 0 aliphatic carbocycles. The van der Waals surface area contributed by atoms with E-state index in [-0.39, 0.29) is 85.6 Å². The summed E-state index contributed by atoms with van der Waals surface area (Å²) < 4.78 is 89.0. The number of benzene rings is 2. The van der Waals surface area contributed by atoms with Gasteiger partial charge < -0.3 is 30.8 Å². The molecule has 6 aromatic rings. The van der Waals surface area contributed by atoms with E-state index in [0.717, 1.165) is 46.1 Å². The number of nitrogens with zero attached hydrogens (tertiary/aromatic N) is 5. The molecule has 28 nitrogen and oxygen atoms in total. The highest BCUT2D eigenvalue weighted by Crippen LogP contribution is 2.33. The highest BCUT2D eigenvalue weighted by molar-refractivity contribution is 7.93. The number of anilines is 2. The van der Waals surface area contributed by atoms with Crippen LogP contribution in [0.5, 0.6) is 0 Å². The first kappa shape index (κ1) is 72.6. The molecule has 0 saturated heterocycles. The van der Waals surface area contributed by atoms with Gasteiger partial charge in [-0.05, 0) is 143 Å². The smallest absolute Gasteiger partial charge is 0.414 e. The lowest BCUT2D eigenvalue weighted by Gasteiger charge is -2.25. The van der Waals surface area contributed by atoms with Gasteiger partial charge in [0, 0.05) is 25.7 Å². The first-order chi connectivity index (χ1) is 40.6. The molecule has 0 aliphatic rings. The summed E-state index contributed by atoms with van der Waals surface area (Å²) in [6, 6.07) is 11.9.